The van der Waals surface area contributed by atoms with Crippen molar-refractivity contribution in [2.75, 3.05) is 11.9 Å². The van der Waals surface area contributed by atoms with Gasteiger partial charge in [0.15, 0.2) is 12.4 Å². The van der Waals surface area contributed by atoms with Gasteiger partial charge in [-0.2, -0.15) is 5.10 Å². The minimum atomic E-state index is -0.359. The maximum Gasteiger partial charge on any atom is 0.263 e. The summed E-state index contributed by atoms with van der Waals surface area (Å²) in [7, 11) is 0. The number of hydrogen-bond acceptors (Lipinski definition) is 3. The number of halogens is 3. The standard InChI is InChI=1S/C18H14Cl3N3O2/c19-13-5-2-1-4-12(13)10-24-16(8-9-22-24)23-17(25)11-26-18-14(20)6-3-7-15(18)21/h1-9H,10-11H2,(H,23,25). The van der Waals surface area contributed by atoms with Crippen molar-refractivity contribution >= 4 is 46.5 Å². The normalized spacial score (nSPS) is 10.6. The third-order valence-corrected chi connectivity index (χ3v) is 4.49. The zero-order valence-electron chi connectivity index (χ0n) is 13.5. The Kier molecular flexibility index (Phi) is 6.04. The molecular weight excluding hydrogens is 397 g/mol. The molecule has 0 radical (unpaired) electrons. The molecule has 3 rings (SSSR count). The summed E-state index contributed by atoms with van der Waals surface area (Å²) in [5.41, 5.74) is 0.896. The number of aromatic nitrogens is 2. The Morgan fingerprint density at radius 2 is 1.69 bits per heavy atom. The lowest BCUT2D eigenvalue weighted by molar-refractivity contribution is -0.118. The van der Waals surface area contributed by atoms with Gasteiger partial charge >= 0.3 is 0 Å². The first-order valence-corrected chi connectivity index (χ1v) is 8.80. The Balaban J connectivity index is 1.64. The van der Waals surface area contributed by atoms with Gasteiger partial charge in [-0.3, -0.25) is 4.79 Å². The van der Waals surface area contributed by atoms with Gasteiger partial charge in [0.2, 0.25) is 0 Å². The van der Waals surface area contributed by atoms with Gasteiger partial charge in [-0.25, -0.2) is 4.68 Å². The topological polar surface area (TPSA) is 56.1 Å². The molecule has 3 aromatic rings. The predicted octanol–water partition coefficient (Wildman–Crippen LogP) is 4.91. The van der Waals surface area contributed by atoms with Gasteiger partial charge in [0.25, 0.3) is 5.91 Å². The van der Waals surface area contributed by atoms with Crippen LogP contribution in [0.1, 0.15) is 5.56 Å². The van der Waals surface area contributed by atoms with E-state index in [9.17, 15) is 4.79 Å². The molecule has 5 nitrogen and oxygen atoms in total. The smallest absolute Gasteiger partial charge is 0.263 e. The van der Waals surface area contributed by atoms with E-state index in [2.05, 4.69) is 10.4 Å². The first-order valence-electron chi connectivity index (χ1n) is 7.66. The van der Waals surface area contributed by atoms with Crippen molar-refractivity contribution in [1.82, 2.24) is 9.78 Å². The first-order chi connectivity index (χ1) is 12.5. The third kappa shape index (κ3) is 4.49. The van der Waals surface area contributed by atoms with Crippen molar-refractivity contribution in [3.63, 3.8) is 0 Å². The summed E-state index contributed by atoms with van der Waals surface area (Å²) in [5.74, 6) is 0.446. The second-order valence-corrected chi connectivity index (χ2v) is 6.57. The van der Waals surface area contributed by atoms with E-state index in [1.165, 1.54) is 0 Å². The van der Waals surface area contributed by atoms with Crippen LogP contribution in [0.4, 0.5) is 5.82 Å². The fraction of sp³-hybridized carbons (Fsp3) is 0.111. The maximum absolute atomic E-state index is 12.2. The molecule has 0 fully saturated rings. The van der Waals surface area contributed by atoms with E-state index in [-0.39, 0.29) is 18.3 Å². The largest absolute Gasteiger partial charge is 0.481 e. The third-order valence-electron chi connectivity index (χ3n) is 3.53. The van der Waals surface area contributed by atoms with Crippen molar-refractivity contribution in [1.29, 1.82) is 0 Å². The molecule has 0 unspecified atom stereocenters. The predicted molar refractivity (Wildman–Crippen MR) is 103 cm³/mol. The van der Waals surface area contributed by atoms with Crippen LogP contribution in [-0.4, -0.2) is 22.3 Å². The number of amides is 1. The lowest BCUT2D eigenvalue weighted by Gasteiger charge is -2.12. The summed E-state index contributed by atoms with van der Waals surface area (Å²) in [5, 5.41) is 8.28. The molecule has 2 aromatic carbocycles. The van der Waals surface area contributed by atoms with E-state index >= 15 is 0 Å². The lowest BCUT2D eigenvalue weighted by Crippen LogP contribution is -2.22. The van der Waals surface area contributed by atoms with E-state index in [1.807, 2.05) is 18.2 Å². The monoisotopic (exact) mass is 409 g/mol. The van der Waals surface area contributed by atoms with Crippen LogP contribution in [0, 0.1) is 0 Å². The number of carbonyl (C=O) groups excluding carboxylic acids is 1. The quantitative estimate of drug-likeness (QED) is 0.628. The number of anilines is 1. The maximum atomic E-state index is 12.2. The van der Waals surface area contributed by atoms with Gasteiger partial charge < -0.3 is 10.1 Å². The summed E-state index contributed by atoms with van der Waals surface area (Å²) >= 11 is 18.2. The number of nitrogens with one attached hydrogen (secondary N) is 1. The van der Waals surface area contributed by atoms with E-state index in [4.69, 9.17) is 39.5 Å². The summed E-state index contributed by atoms with van der Waals surface area (Å²) in [6.45, 7) is 0.195. The van der Waals surface area contributed by atoms with E-state index in [0.717, 1.165) is 5.56 Å². The average Bonchev–Trinajstić information content (AvgIpc) is 3.03. The second-order valence-electron chi connectivity index (χ2n) is 5.35. The molecule has 26 heavy (non-hydrogen) atoms. The molecule has 0 saturated heterocycles. The van der Waals surface area contributed by atoms with Crippen molar-refractivity contribution in [3.8, 4) is 5.75 Å². The zero-order chi connectivity index (χ0) is 18.5. The summed E-state index contributed by atoms with van der Waals surface area (Å²) < 4.78 is 7.07. The minimum absolute atomic E-state index is 0.235. The Morgan fingerprint density at radius 1 is 1.00 bits per heavy atom. The van der Waals surface area contributed by atoms with Gasteiger partial charge in [0.1, 0.15) is 5.82 Å². The molecule has 0 aliphatic heterocycles. The molecule has 0 spiro atoms. The number of nitrogens with zero attached hydrogens (tertiary/aromatic N) is 2. The highest BCUT2D eigenvalue weighted by molar-refractivity contribution is 6.37. The molecule has 8 heteroatoms. The Hall–Kier alpha value is -2.21. The Morgan fingerprint density at radius 3 is 2.42 bits per heavy atom. The molecular formula is C18H14Cl3N3O2. The second kappa shape index (κ2) is 8.45. The highest BCUT2D eigenvalue weighted by atomic mass is 35.5. The molecule has 0 saturated carbocycles. The van der Waals surface area contributed by atoms with Gasteiger partial charge in [-0.1, -0.05) is 59.1 Å². The van der Waals surface area contributed by atoms with E-state index < -0.39 is 0 Å². The number of ether oxygens (including phenoxy) is 1. The number of benzene rings is 2. The van der Waals surface area contributed by atoms with Crippen LogP contribution in [0.25, 0.3) is 0 Å². The fourth-order valence-corrected chi connectivity index (χ4v) is 2.99. The molecule has 134 valence electrons. The summed E-state index contributed by atoms with van der Waals surface area (Å²) in [6, 6.07) is 14.1. The molecule has 1 aromatic heterocycles. The first kappa shape index (κ1) is 18.6. The lowest BCUT2D eigenvalue weighted by atomic mass is 10.2. The SMILES string of the molecule is O=C(COc1c(Cl)cccc1Cl)Nc1ccnn1Cc1ccccc1Cl. The van der Waals surface area contributed by atoms with Gasteiger partial charge in [0.05, 0.1) is 22.8 Å². The summed E-state index contributed by atoms with van der Waals surface area (Å²) in [6.07, 6.45) is 1.60. The average molecular weight is 411 g/mol. The van der Waals surface area contributed by atoms with Crippen LogP contribution in [0.2, 0.25) is 15.1 Å². The van der Waals surface area contributed by atoms with Crippen molar-refractivity contribution in [3.05, 3.63) is 75.4 Å². The van der Waals surface area contributed by atoms with Crippen LogP contribution in [0.3, 0.4) is 0 Å². The minimum Gasteiger partial charge on any atom is -0.481 e. The van der Waals surface area contributed by atoms with Crippen molar-refractivity contribution in [2.45, 2.75) is 6.54 Å². The fourth-order valence-electron chi connectivity index (χ4n) is 2.29. The van der Waals surface area contributed by atoms with E-state index in [1.54, 1.807) is 41.2 Å². The zero-order valence-corrected chi connectivity index (χ0v) is 15.7. The Labute approximate surface area is 165 Å². The molecule has 0 atom stereocenters. The van der Waals surface area contributed by atoms with Crippen LogP contribution < -0.4 is 10.1 Å². The van der Waals surface area contributed by atoms with Gasteiger partial charge in [-0.05, 0) is 23.8 Å². The molecule has 1 amide bonds. The number of carbonyl (C=O) groups is 1. The molecule has 0 aliphatic carbocycles. The number of rotatable bonds is 6. The van der Waals surface area contributed by atoms with Crippen LogP contribution in [-0.2, 0) is 11.3 Å². The van der Waals surface area contributed by atoms with Crippen molar-refractivity contribution < 1.29 is 9.53 Å². The van der Waals surface area contributed by atoms with Gasteiger partial charge in [0, 0.05) is 11.1 Å². The number of hydrogen-bond donors (Lipinski definition) is 1. The van der Waals surface area contributed by atoms with Crippen LogP contribution in [0.5, 0.6) is 5.75 Å². The van der Waals surface area contributed by atoms with Crippen LogP contribution >= 0.6 is 34.8 Å². The van der Waals surface area contributed by atoms with Crippen molar-refractivity contribution in [2.24, 2.45) is 0 Å². The highest BCUT2D eigenvalue weighted by Crippen LogP contribution is 2.32. The highest BCUT2D eigenvalue weighted by Gasteiger charge is 2.12. The summed E-state index contributed by atoms with van der Waals surface area (Å²) in [4.78, 5) is 12.2. The van der Waals surface area contributed by atoms with Gasteiger partial charge in [-0.15, -0.1) is 0 Å². The molecule has 0 bridgehead atoms. The van der Waals surface area contributed by atoms with Crippen LogP contribution in [0.15, 0.2) is 54.7 Å². The molecule has 1 N–H and O–H groups in total. The van der Waals surface area contributed by atoms with E-state index in [0.29, 0.717) is 27.4 Å². The number of para-hydroxylation sites is 1. The molecule has 1 heterocycles. The Bertz CT molecular complexity index is 907. The molecule has 0 aliphatic rings.